The van der Waals surface area contributed by atoms with Crippen LogP contribution in [0.3, 0.4) is 0 Å². The van der Waals surface area contributed by atoms with Gasteiger partial charge < -0.3 is 14.2 Å². The molecule has 0 spiro atoms. The van der Waals surface area contributed by atoms with E-state index in [9.17, 15) is 8.78 Å². The zero-order valence-corrected chi connectivity index (χ0v) is 11.9. The fourth-order valence-corrected chi connectivity index (χ4v) is 2.25. The summed E-state index contributed by atoms with van der Waals surface area (Å²) in [5, 5.41) is 0. The lowest BCUT2D eigenvalue weighted by Crippen LogP contribution is -2.33. The molecule has 0 amide bonds. The van der Waals surface area contributed by atoms with E-state index in [0.29, 0.717) is 11.1 Å². The van der Waals surface area contributed by atoms with Crippen LogP contribution in [0.25, 0.3) is 0 Å². The Morgan fingerprint density at radius 2 is 1.55 bits per heavy atom. The molecule has 1 heterocycles. The van der Waals surface area contributed by atoms with Crippen LogP contribution in [0, 0.1) is 11.6 Å². The Morgan fingerprint density at radius 1 is 0.909 bits per heavy atom. The highest BCUT2D eigenvalue weighted by atomic mass is 19.1. The van der Waals surface area contributed by atoms with Gasteiger partial charge in [0.25, 0.3) is 0 Å². The summed E-state index contributed by atoms with van der Waals surface area (Å²) in [6.45, 7) is 0.690. The molecule has 1 aliphatic heterocycles. The fourth-order valence-electron chi connectivity index (χ4n) is 2.25. The third kappa shape index (κ3) is 3.50. The predicted octanol–water partition coefficient (Wildman–Crippen LogP) is 3.60. The summed E-state index contributed by atoms with van der Waals surface area (Å²) in [6, 6.07) is 12.8. The Morgan fingerprint density at radius 3 is 2.23 bits per heavy atom. The van der Waals surface area contributed by atoms with Gasteiger partial charge in [0.05, 0.1) is 19.8 Å². The fraction of sp³-hybridized carbons (Fsp3) is 0.294. The van der Waals surface area contributed by atoms with Crippen LogP contribution in [0.2, 0.25) is 0 Å². The van der Waals surface area contributed by atoms with Crippen LogP contribution in [0.15, 0.2) is 48.5 Å². The third-order valence-electron chi connectivity index (χ3n) is 3.46. The quantitative estimate of drug-likeness (QED) is 0.864. The maximum Gasteiger partial charge on any atom is 0.186 e. The lowest BCUT2D eigenvalue weighted by Gasteiger charge is -2.29. The van der Waals surface area contributed by atoms with E-state index in [1.807, 2.05) is 0 Å². The first-order valence-corrected chi connectivity index (χ1v) is 7.06. The molecule has 22 heavy (non-hydrogen) atoms. The van der Waals surface area contributed by atoms with Crippen molar-refractivity contribution in [3.05, 3.63) is 71.3 Å². The highest BCUT2D eigenvalue weighted by molar-refractivity contribution is 5.19. The van der Waals surface area contributed by atoms with Crippen LogP contribution < -0.4 is 0 Å². The van der Waals surface area contributed by atoms with Crippen molar-refractivity contribution in [3.63, 3.8) is 0 Å². The van der Waals surface area contributed by atoms with Crippen molar-refractivity contribution < 1.29 is 23.0 Å². The Hall–Kier alpha value is -1.82. The van der Waals surface area contributed by atoms with Crippen molar-refractivity contribution >= 4 is 0 Å². The largest absolute Gasteiger partial charge is 0.369 e. The molecule has 0 unspecified atom stereocenters. The van der Waals surface area contributed by atoms with Crippen LogP contribution in [-0.4, -0.2) is 19.3 Å². The van der Waals surface area contributed by atoms with Crippen LogP contribution in [0.1, 0.15) is 17.4 Å². The number of benzene rings is 2. The first-order valence-electron chi connectivity index (χ1n) is 7.06. The molecule has 0 bridgehead atoms. The first-order chi connectivity index (χ1) is 10.7. The van der Waals surface area contributed by atoms with Crippen LogP contribution >= 0.6 is 0 Å². The van der Waals surface area contributed by atoms with Gasteiger partial charge in [0, 0.05) is 11.1 Å². The average Bonchev–Trinajstić information content (AvgIpc) is 2.55. The molecule has 3 nitrogen and oxygen atoms in total. The van der Waals surface area contributed by atoms with Crippen LogP contribution in [0.4, 0.5) is 8.78 Å². The normalized spacial score (nSPS) is 21.7. The minimum absolute atomic E-state index is 0.147. The molecule has 2 aromatic carbocycles. The summed E-state index contributed by atoms with van der Waals surface area (Å²) in [4.78, 5) is 0. The molecular formula is C17H16F2O3. The molecule has 0 aliphatic carbocycles. The monoisotopic (exact) mass is 306 g/mol. The van der Waals surface area contributed by atoms with Crippen molar-refractivity contribution in [2.24, 2.45) is 0 Å². The molecule has 3 rings (SSSR count). The molecule has 5 heteroatoms. The minimum Gasteiger partial charge on any atom is -0.369 e. The second-order valence-electron chi connectivity index (χ2n) is 5.04. The smallest absolute Gasteiger partial charge is 0.186 e. The van der Waals surface area contributed by atoms with E-state index in [1.165, 1.54) is 12.1 Å². The van der Waals surface area contributed by atoms with E-state index in [-0.39, 0.29) is 37.6 Å². The van der Waals surface area contributed by atoms with Crippen molar-refractivity contribution in [2.75, 3.05) is 13.2 Å². The molecule has 0 radical (unpaired) electrons. The highest BCUT2D eigenvalue weighted by Gasteiger charge is 2.26. The van der Waals surface area contributed by atoms with Gasteiger partial charge in [0.15, 0.2) is 6.29 Å². The van der Waals surface area contributed by atoms with Crippen molar-refractivity contribution in [2.45, 2.75) is 19.0 Å². The van der Waals surface area contributed by atoms with Crippen LogP contribution in [0.5, 0.6) is 0 Å². The Kier molecular flexibility index (Phi) is 4.77. The van der Waals surface area contributed by atoms with Gasteiger partial charge in [-0.3, -0.25) is 0 Å². The molecule has 1 saturated heterocycles. The lowest BCUT2D eigenvalue weighted by atomic mass is 10.2. The molecule has 1 fully saturated rings. The molecule has 2 aromatic rings. The van der Waals surface area contributed by atoms with Gasteiger partial charge >= 0.3 is 0 Å². The number of halogens is 2. The van der Waals surface area contributed by atoms with Gasteiger partial charge in [-0.25, -0.2) is 8.78 Å². The minimum atomic E-state index is -0.727. The topological polar surface area (TPSA) is 27.7 Å². The summed E-state index contributed by atoms with van der Waals surface area (Å²) in [7, 11) is 0. The standard InChI is InChI=1S/C17H16F2O3/c18-15-7-3-1-5-12(15)9-20-13-10-21-17(22-11-13)14-6-2-4-8-16(14)19/h1-8,13,17H,9-11H2. The van der Waals surface area contributed by atoms with E-state index < -0.39 is 6.29 Å². The number of hydrogen-bond donors (Lipinski definition) is 0. The van der Waals surface area contributed by atoms with Gasteiger partial charge in [0.2, 0.25) is 0 Å². The van der Waals surface area contributed by atoms with E-state index in [4.69, 9.17) is 14.2 Å². The van der Waals surface area contributed by atoms with Gasteiger partial charge in [-0.1, -0.05) is 36.4 Å². The van der Waals surface area contributed by atoms with Crippen molar-refractivity contribution in [3.8, 4) is 0 Å². The summed E-state index contributed by atoms with van der Waals surface area (Å²) in [5.74, 6) is -0.664. The van der Waals surface area contributed by atoms with E-state index in [1.54, 1.807) is 36.4 Å². The zero-order chi connectivity index (χ0) is 15.4. The lowest BCUT2D eigenvalue weighted by molar-refractivity contribution is -0.233. The molecule has 116 valence electrons. The SMILES string of the molecule is Fc1ccccc1COC1COC(c2ccccc2F)OC1. The molecule has 0 saturated carbocycles. The highest BCUT2D eigenvalue weighted by Crippen LogP contribution is 2.26. The van der Waals surface area contributed by atoms with Gasteiger partial charge in [0.1, 0.15) is 17.7 Å². The molecule has 1 aliphatic rings. The van der Waals surface area contributed by atoms with Gasteiger partial charge in [-0.05, 0) is 12.1 Å². The zero-order valence-electron chi connectivity index (χ0n) is 11.9. The number of ether oxygens (including phenoxy) is 3. The maximum absolute atomic E-state index is 13.7. The molecular weight excluding hydrogens is 290 g/mol. The maximum atomic E-state index is 13.7. The Balaban J connectivity index is 1.52. The van der Waals surface area contributed by atoms with Gasteiger partial charge in [-0.2, -0.15) is 0 Å². The van der Waals surface area contributed by atoms with Gasteiger partial charge in [-0.15, -0.1) is 0 Å². The van der Waals surface area contributed by atoms with E-state index >= 15 is 0 Å². The summed E-state index contributed by atoms with van der Waals surface area (Å²) in [5.41, 5.74) is 0.855. The second-order valence-corrected chi connectivity index (χ2v) is 5.04. The van der Waals surface area contributed by atoms with E-state index in [2.05, 4.69) is 0 Å². The summed E-state index contributed by atoms with van der Waals surface area (Å²) in [6.07, 6.45) is -1.03. The molecule has 0 aromatic heterocycles. The van der Waals surface area contributed by atoms with Crippen molar-refractivity contribution in [1.82, 2.24) is 0 Å². The Bertz CT molecular complexity index is 625. The first kappa shape index (κ1) is 15.1. The second kappa shape index (κ2) is 6.96. The number of hydrogen-bond acceptors (Lipinski definition) is 3. The summed E-state index contributed by atoms with van der Waals surface area (Å²) >= 11 is 0. The van der Waals surface area contributed by atoms with E-state index in [0.717, 1.165) is 0 Å². The van der Waals surface area contributed by atoms with Crippen molar-refractivity contribution in [1.29, 1.82) is 0 Å². The third-order valence-corrected chi connectivity index (χ3v) is 3.46. The molecule has 0 N–H and O–H groups in total. The number of rotatable bonds is 4. The van der Waals surface area contributed by atoms with Crippen LogP contribution in [-0.2, 0) is 20.8 Å². The average molecular weight is 306 g/mol. The molecule has 0 atom stereocenters. The Labute approximate surface area is 127 Å². The predicted molar refractivity (Wildman–Crippen MR) is 76.0 cm³/mol. The summed E-state index contributed by atoms with van der Waals surface area (Å²) < 4.78 is 43.7.